The lowest BCUT2D eigenvalue weighted by atomic mass is 10.2. The van der Waals surface area contributed by atoms with Crippen LogP contribution in [0, 0.1) is 0 Å². The van der Waals surface area contributed by atoms with Gasteiger partial charge in [0.1, 0.15) is 5.75 Å². The van der Waals surface area contributed by atoms with E-state index in [-0.39, 0.29) is 12.5 Å². The summed E-state index contributed by atoms with van der Waals surface area (Å²) in [5.74, 6) is 1.79. The molecule has 1 amide bonds. The normalized spacial score (nSPS) is 10.4. The van der Waals surface area contributed by atoms with Crippen molar-refractivity contribution in [1.82, 2.24) is 5.32 Å². The number of methoxy groups -OCH3 is 1. The fourth-order valence-electron chi connectivity index (χ4n) is 3.01. The van der Waals surface area contributed by atoms with Crippen LogP contribution in [-0.2, 0) is 17.9 Å². The molecule has 0 atom stereocenters. The number of benzene rings is 3. The Bertz CT molecular complexity index is 959. The summed E-state index contributed by atoms with van der Waals surface area (Å²) in [5, 5.41) is 6.22. The van der Waals surface area contributed by atoms with E-state index in [4.69, 9.17) is 14.2 Å². The zero-order chi connectivity index (χ0) is 21.9. The number of ether oxygens (including phenoxy) is 3. The van der Waals surface area contributed by atoms with Gasteiger partial charge in [-0.2, -0.15) is 0 Å². The summed E-state index contributed by atoms with van der Waals surface area (Å²) >= 11 is 0. The van der Waals surface area contributed by atoms with E-state index in [1.807, 2.05) is 79.7 Å². The first-order valence-electron chi connectivity index (χ1n) is 10.2. The summed E-state index contributed by atoms with van der Waals surface area (Å²) < 4.78 is 16.6. The zero-order valence-electron chi connectivity index (χ0n) is 17.9. The number of anilines is 1. The second kappa shape index (κ2) is 11.6. The summed E-state index contributed by atoms with van der Waals surface area (Å²) in [6.07, 6.45) is 0. The predicted octanol–water partition coefficient (Wildman–Crippen LogP) is 4.40. The minimum Gasteiger partial charge on any atom is -0.497 e. The maximum absolute atomic E-state index is 12.1. The number of nitrogens with one attached hydrogen (secondary N) is 2. The van der Waals surface area contributed by atoms with Crippen LogP contribution in [0.15, 0.2) is 72.8 Å². The first-order chi connectivity index (χ1) is 15.2. The lowest BCUT2D eigenvalue weighted by Crippen LogP contribution is -2.20. The number of hydrogen-bond acceptors (Lipinski definition) is 5. The fourth-order valence-corrected chi connectivity index (χ4v) is 3.01. The molecule has 0 saturated carbocycles. The molecule has 162 valence electrons. The van der Waals surface area contributed by atoms with Crippen molar-refractivity contribution in [3.8, 4) is 17.2 Å². The molecule has 0 heterocycles. The van der Waals surface area contributed by atoms with E-state index >= 15 is 0 Å². The van der Waals surface area contributed by atoms with Crippen LogP contribution in [0.5, 0.6) is 17.2 Å². The summed E-state index contributed by atoms with van der Waals surface area (Å²) in [7, 11) is 1.66. The first kappa shape index (κ1) is 22.2. The van der Waals surface area contributed by atoms with Gasteiger partial charge < -0.3 is 24.8 Å². The Kier molecular flexibility index (Phi) is 8.31. The van der Waals surface area contributed by atoms with E-state index in [9.17, 15) is 4.79 Å². The van der Waals surface area contributed by atoms with Crippen molar-refractivity contribution in [2.45, 2.75) is 20.0 Å². The third-order valence-electron chi connectivity index (χ3n) is 4.54. The molecule has 3 rings (SSSR count). The fraction of sp³-hybridized carbons (Fsp3) is 0.240. The standard InChI is InChI=1S/C25H28N2O4/c1-3-30-24-15-20(17-26-16-19-9-12-22(29-2)13-10-19)11-14-23(24)31-18-25(28)27-21-7-5-4-6-8-21/h4-15,26H,3,16-18H2,1-2H3,(H,27,28). The van der Waals surface area contributed by atoms with Crippen molar-refractivity contribution in [2.24, 2.45) is 0 Å². The van der Waals surface area contributed by atoms with E-state index in [0.717, 1.165) is 23.5 Å². The third-order valence-corrected chi connectivity index (χ3v) is 4.54. The first-order valence-corrected chi connectivity index (χ1v) is 10.2. The van der Waals surface area contributed by atoms with Gasteiger partial charge in [-0.15, -0.1) is 0 Å². The molecule has 0 radical (unpaired) electrons. The zero-order valence-corrected chi connectivity index (χ0v) is 17.9. The molecular weight excluding hydrogens is 392 g/mol. The molecule has 0 aliphatic heterocycles. The largest absolute Gasteiger partial charge is 0.497 e. The summed E-state index contributed by atoms with van der Waals surface area (Å²) in [4.78, 5) is 12.1. The molecule has 0 saturated heterocycles. The van der Waals surface area contributed by atoms with Gasteiger partial charge in [0.2, 0.25) is 0 Å². The second-order valence-corrected chi connectivity index (χ2v) is 6.87. The second-order valence-electron chi connectivity index (χ2n) is 6.87. The van der Waals surface area contributed by atoms with Crippen LogP contribution >= 0.6 is 0 Å². The van der Waals surface area contributed by atoms with Gasteiger partial charge in [-0.25, -0.2) is 0 Å². The maximum atomic E-state index is 12.1. The minimum atomic E-state index is -0.223. The highest BCUT2D eigenvalue weighted by atomic mass is 16.5. The predicted molar refractivity (Wildman–Crippen MR) is 122 cm³/mol. The molecular formula is C25H28N2O4. The van der Waals surface area contributed by atoms with Gasteiger partial charge >= 0.3 is 0 Å². The molecule has 31 heavy (non-hydrogen) atoms. The molecule has 0 bridgehead atoms. The van der Waals surface area contributed by atoms with Gasteiger partial charge in [-0.05, 0) is 54.4 Å². The van der Waals surface area contributed by atoms with Crippen LogP contribution in [0.2, 0.25) is 0 Å². The SMILES string of the molecule is CCOc1cc(CNCc2ccc(OC)cc2)ccc1OCC(=O)Nc1ccccc1. The molecule has 0 aliphatic carbocycles. The average molecular weight is 421 g/mol. The number of rotatable bonds is 11. The van der Waals surface area contributed by atoms with Gasteiger partial charge in [0, 0.05) is 18.8 Å². The van der Waals surface area contributed by atoms with Crippen LogP contribution in [0.4, 0.5) is 5.69 Å². The van der Waals surface area contributed by atoms with Crippen LogP contribution in [0.3, 0.4) is 0 Å². The third kappa shape index (κ3) is 7.04. The van der Waals surface area contributed by atoms with E-state index in [2.05, 4.69) is 10.6 Å². The topological polar surface area (TPSA) is 68.8 Å². The van der Waals surface area contributed by atoms with Crippen molar-refractivity contribution in [1.29, 1.82) is 0 Å². The quantitative estimate of drug-likeness (QED) is 0.481. The number of para-hydroxylation sites is 1. The Morgan fingerprint density at radius 3 is 2.26 bits per heavy atom. The molecule has 6 nitrogen and oxygen atoms in total. The van der Waals surface area contributed by atoms with Crippen molar-refractivity contribution in [3.63, 3.8) is 0 Å². The van der Waals surface area contributed by atoms with Crippen LogP contribution < -0.4 is 24.8 Å². The van der Waals surface area contributed by atoms with Gasteiger partial charge in [0.15, 0.2) is 18.1 Å². The maximum Gasteiger partial charge on any atom is 0.262 e. The molecule has 6 heteroatoms. The molecule has 0 fully saturated rings. The van der Waals surface area contributed by atoms with Gasteiger partial charge in [0.05, 0.1) is 13.7 Å². The lowest BCUT2D eigenvalue weighted by molar-refractivity contribution is -0.118. The number of carbonyl (C=O) groups excluding carboxylic acids is 1. The smallest absolute Gasteiger partial charge is 0.262 e. The van der Waals surface area contributed by atoms with Gasteiger partial charge in [0.25, 0.3) is 5.91 Å². The minimum absolute atomic E-state index is 0.0932. The van der Waals surface area contributed by atoms with Crippen LogP contribution in [-0.4, -0.2) is 26.2 Å². The lowest BCUT2D eigenvalue weighted by Gasteiger charge is -2.14. The Morgan fingerprint density at radius 1 is 0.839 bits per heavy atom. The molecule has 0 unspecified atom stereocenters. The van der Waals surface area contributed by atoms with E-state index < -0.39 is 0 Å². The van der Waals surface area contributed by atoms with Crippen molar-refractivity contribution in [2.75, 3.05) is 25.6 Å². The van der Waals surface area contributed by atoms with E-state index in [0.29, 0.717) is 24.7 Å². The van der Waals surface area contributed by atoms with Gasteiger partial charge in [-0.1, -0.05) is 36.4 Å². The Morgan fingerprint density at radius 2 is 1.55 bits per heavy atom. The Labute approximate surface area is 183 Å². The molecule has 0 spiro atoms. The highest BCUT2D eigenvalue weighted by molar-refractivity contribution is 5.91. The molecule has 3 aromatic rings. The molecule has 0 aliphatic rings. The summed E-state index contributed by atoms with van der Waals surface area (Å²) in [6, 6.07) is 23.0. The Hall–Kier alpha value is -3.51. The molecule has 3 aromatic carbocycles. The number of carbonyl (C=O) groups is 1. The monoisotopic (exact) mass is 420 g/mol. The highest BCUT2D eigenvalue weighted by Crippen LogP contribution is 2.28. The Balaban J connectivity index is 1.53. The molecule has 2 N–H and O–H groups in total. The molecule has 0 aromatic heterocycles. The van der Waals surface area contributed by atoms with Crippen molar-refractivity contribution >= 4 is 11.6 Å². The van der Waals surface area contributed by atoms with E-state index in [1.54, 1.807) is 7.11 Å². The highest BCUT2D eigenvalue weighted by Gasteiger charge is 2.10. The van der Waals surface area contributed by atoms with Gasteiger partial charge in [-0.3, -0.25) is 4.79 Å². The van der Waals surface area contributed by atoms with Crippen LogP contribution in [0.25, 0.3) is 0 Å². The average Bonchev–Trinajstić information content (AvgIpc) is 2.80. The summed E-state index contributed by atoms with van der Waals surface area (Å²) in [5.41, 5.74) is 2.98. The number of hydrogen-bond donors (Lipinski definition) is 2. The van der Waals surface area contributed by atoms with Crippen LogP contribution in [0.1, 0.15) is 18.1 Å². The van der Waals surface area contributed by atoms with Crippen molar-refractivity contribution < 1.29 is 19.0 Å². The van der Waals surface area contributed by atoms with E-state index in [1.165, 1.54) is 5.56 Å². The van der Waals surface area contributed by atoms with Crippen molar-refractivity contribution in [3.05, 3.63) is 83.9 Å². The summed E-state index contributed by atoms with van der Waals surface area (Å²) in [6.45, 7) is 3.76. The number of amides is 1.